The molecule has 2 aromatic heterocycles. The van der Waals surface area contributed by atoms with Crippen LogP contribution in [0.3, 0.4) is 0 Å². The molecule has 0 spiro atoms. The first-order valence-electron chi connectivity index (χ1n) is 12.1. The van der Waals surface area contributed by atoms with Crippen molar-refractivity contribution < 1.29 is 28.8 Å². The summed E-state index contributed by atoms with van der Waals surface area (Å²) in [5, 5.41) is 34.2. The number of aromatic nitrogens is 4. The van der Waals surface area contributed by atoms with Crippen LogP contribution in [0.15, 0.2) is 29.7 Å². The molecule has 2 heterocycles. The Labute approximate surface area is 210 Å². The molecule has 0 bridgehead atoms. The summed E-state index contributed by atoms with van der Waals surface area (Å²) in [6, 6.07) is 3.44. The van der Waals surface area contributed by atoms with Crippen molar-refractivity contribution in [2.24, 2.45) is 0 Å². The number of thioether (sulfide) groups is 1. The molecule has 3 aromatic rings. The van der Waals surface area contributed by atoms with Crippen LogP contribution in [-0.2, 0) is 4.74 Å². The summed E-state index contributed by atoms with van der Waals surface area (Å²) < 4.78 is 34.3. The Morgan fingerprint density at radius 1 is 1.17 bits per heavy atom. The molecule has 0 saturated heterocycles. The van der Waals surface area contributed by atoms with Gasteiger partial charge in [-0.1, -0.05) is 24.8 Å². The number of aliphatic hydroxyl groups is 3. The summed E-state index contributed by atoms with van der Waals surface area (Å²) in [5.41, 5.74) is 1.77. The van der Waals surface area contributed by atoms with E-state index in [0.717, 1.165) is 30.2 Å². The van der Waals surface area contributed by atoms with Crippen molar-refractivity contribution in [1.82, 2.24) is 19.5 Å². The highest BCUT2D eigenvalue weighted by molar-refractivity contribution is 7.99. The smallest absolute Gasteiger partial charge is 0.191 e. The third kappa shape index (κ3) is 4.92. The summed E-state index contributed by atoms with van der Waals surface area (Å²) in [5.74, 6) is -0.350. The van der Waals surface area contributed by atoms with Crippen LogP contribution < -0.4 is 5.32 Å². The average molecular weight is 522 g/mol. The van der Waals surface area contributed by atoms with Gasteiger partial charge in [-0.15, -0.1) is 0 Å². The van der Waals surface area contributed by atoms with Crippen molar-refractivity contribution in [1.29, 1.82) is 0 Å². The fourth-order valence-electron chi connectivity index (χ4n) is 4.75. The third-order valence-electron chi connectivity index (χ3n) is 6.70. The van der Waals surface area contributed by atoms with Crippen molar-refractivity contribution in [3.63, 3.8) is 0 Å². The molecule has 5 rings (SSSR count). The van der Waals surface area contributed by atoms with Gasteiger partial charge < -0.3 is 29.9 Å². The number of rotatable bonds is 10. The van der Waals surface area contributed by atoms with Crippen LogP contribution >= 0.6 is 11.8 Å². The number of hydrogen-bond acceptors (Lipinski definition) is 9. The Bertz CT molecular complexity index is 1230. The van der Waals surface area contributed by atoms with Gasteiger partial charge in [0.15, 0.2) is 33.8 Å². The maximum Gasteiger partial charge on any atom is 0.191 e. The summed E-state index contributed by atoms with van der Waals surface area (Å²) in [4.78, 5) is 13.9. The Morgan fingerprint density at radius 2 is 2.00 bits per heavy atom. The van der Waals surface area contributed by atoms with Gasteiger partial charge in [0.25, 0.3) is 0 Å². The summed E-state index contributed by atoms with van der Waals surface area (Å²) >= 11 is 1.51. The number of nitrogens with one attached hydrogen (secondary N) is 1. The second-order valence-electron chi connectivity index (χ2n) is 9.21. The van der Waals surface area contributed by atoms with Crippen LogP contribution in [0.5, 0.6) is 0 Å². The molecule has 36 heavy (non-hydrogen) atoms. The normalized spacial score (nSPS) is 27.6. The Kier molecular flexibility index (Phi) is 7.40. The van der Waals surface area contributed by atoms with Crippen molar-refractivity contribution >= 4 is 28.7 Å². The molecule has 0 radical (unpaired) electrons. The first-order valence-corrected chi connectivity index (χ1v) is 13.1. The van der Waals surface area contributed by atoms with E-state index in [4.69, 9.17) is 14.8 Å². The van der Waals surface area contributed by atoms with Crippen LogP contribution in [0.2, 0.25) is 0 Å². The van der Waals surface area contributed by atoms with Gasteiger partial charge in [0.05, 0.1) is 31.7 Å². The second kappa shape index (κ2) is 10.5. The van der Waals surface area contributed by atoms with Gasteiger partial charge in [-0.25, -0.2) is 23.7 Å². The second-order valence-corrected chi connectivity index (χ2v) is 10.3. The number of halogens is 2. The van der Waals surface area contributed by atoms with Crippen molar-refractivity contribution in [3.8, 4) is 0 Å². The number of ether oxygens (including phenoxy) is 1. The van der Waals surface area contributed by atoms with E-state index < -0.39 is 36.0 Å². The predicted octanol–water partition coefficient (Wildman–Crippen LogP) is 2.62. The number of nitrogens with zero attached hydrogens (tertiary/aromatic N) is 4. The highest BCUT2D eigenvalue weighted by atomic mass is 32.2. The quantitative estimate of drug-likeness (QED) is 0.235. The predicted molar refractivity (Wildman–Crippen MR) is 130 cm³/mol. The maximum atomic E-state index is 13.7. The fourth-order valence-corrected chi connectivity index (χ4v) is 5.45. The first-order chi connectivity index (χ1) is 17.4. The molecular formula is C24H29F2N5O4S. The van der Waals surface area contributed by atoms with Gasteiger partial charge in [-0.05, 0) is 37.0 Å². The van der Waals surface area contributed by atoms with E-state index in [1.165, 1.54) is 17.8 Å². The van der Waals surface area contributed by atoms with Gasteiger partial charge in [0.1, 0.15) is 12.2 Å². The lowest BCUT2D eigenvalue weighted by atomic mass is 10.1. The average Bonchev–Trinajstić information content (AvgIpc) is 3.41. The van der Waals surface area contributed by atoms with Crippen molar-refractivity contribution in [2.45, 2.75) is 67.7 Å². The zero-order valence-corrected chi connectivity index (χ0v) is 20.5. The minimum absolute atomic E-state index is 0.0164. The molecule has 2 saturated carbocycles. The van der Waals surface area contributed by atoms with E-state index in [0.29, 0.717) is 28.6 Å². The molecule has 6 atom stereocenters. The fraction of sp³-hybridized carbons (Fsp3) is 0.542. The molecular weight excluding hydrogens is 492 g/mol. The van der Waals surface area contributed by atoms with Crippen LogP contribution in [0.1, 0.15) is 43.7 Å². The number of benzene rings is 1. The van der Waals surface area contributed by atoms with E-state index >= 15 is 0 Å². The highest BCUT2D eigenvalue weighted by Crippen LogP contribution is 2.44. The van der Waals surface area contributed by atoms with Gasteiger partial charge in [-0.3, -0.25) is 0 Å². The topological polar surface area (TPSA) is 126 Å². The zero-order valence-electron chi connectivity index (χ0n) is 19.7. The summed E-state index contributed by atoms with van der Waals surface area (Å²) in [6.07, 6.45) is 0.776. The van der Waals surface area contributed by atoms with Gasteiger partial charge in [0.2, 0.25) is 0 Å². The van der Waals surface area contributed by atoms with Crippen LogP contribution in [0.25, 0.3) is 11.2 Å². The van der Waals surface area contributed by atoms with E-state index in [1.807, 2.05) is 0 Å². The molecule has 0 unspecified atom stereocenters. The maximum absolute atomic E-state index is 13.7. The molecule has 2 fully saturated rings. The molecule has 0 amide bonds. The lowest BCUT2D eigenvalue weighted by Gasteiger charge is -2.18. The zero-order chi connectivity index (χ0) is 25.4. The lowest BCUT2D eigenvalue weighted by Crippen LogP contribution is -2.33. The Morgan fingerprint density at radius 3 is 2.75 bits per heavy atom. The summed E-state index contributed by atoms with van der Waals surface area (Å²) in [7, 11) is 0. The van der Waals surface area contributed by atoms with Gasteiger partial charge >= 0.3 is 0 Å². The number of fused-ring (bicyclic) bond motifs is 1. The minimum atomic E-state index is -1.10. The molecule has 2 aliphatic rings. The standard InChI is InChI=1S/C24H29F2N5O4S/c1-2-7-36-24-29-22(28-16-9-13(16)12-3-4-14(25)15(26)8-12)19-23(30-24)31(11-27-19)17-10-18(35-6-5-32)21(34)20(17)33/h3-4,8,11,13,16-18,20-21,32-34H,2,5-7,9-10H2,1H3,(H,28,29,30)/t13-,16+,17+,18-,20-,21+/m0/s1. The highest BCUT2D eigenvalue weighted by Gasteiger charge is 2.44. The molecule has 1 aromatic carbocycles. The number of imidazole rings is 1. The number of hydrogen-bond donors (Lipinski definition) is 4. The van der Waals surface area contributed by atoms with E-state index in [9.17, 15) is 19.0 Å². The van der Waals surface area contributed by atoms with E-state index in [1.54, 1.807) is 17.0 Å². The van der Waals surface area contributed by atoms with Crippen molar-refractivity contribution in [3.05, 3.63) is 41.7 Å². The SMILES string of the molecule is CCCSc1nc(N[C@@H]2C[C@H]2c2ccc(F)c(F)c2)c2ncn([C@@H]3C[C@H](OCCO)[C@@H](O)[C@H]3O)c2n1. The monoisotopic (exact) mass is 521 g/mol. The molecule has 12 heteroatoms. The lowest BCUT2D eigenvalue weighted by molar-refractivity contribution is -0.0627. The molecule has 194 valence electrons. The van der Waals surface area contributed by atoms with E-state index in [2.05, 4.69) is 22.2 Å². The van der Waals surface area contributed by atoms with Gasteiger partial charge in [-0.2, -0.15) is 0 Å². The third-order valence-corrected chi connectivity index (χ3v) is 7.75. The first kappa shape index (κ1) is 25.3. The Balaban J connectivity index is 1.43. The van der Waals surface area contributed by atoms with Crippen LogP contribution in [-0.4, -0.2) is 78.2 Å². The van der Waals surface area contributed by atoms with Crippen molar-refractivity contribution in [2.75, 3.05) is 24.3 Å². The molecule has 4 N–H and O–H groups in total. The van der Waals surface area contributed by atoms with Crippen LogP contribution in [0, 0.1) is 11.6 Å². The van der Waals surface area contributed by atoms with Crippen LogP contribution in [0.4, 0.5) is 14.6 Å². The summed E-state index contributed by atoms with van der Waals surface area (Å²) in [6.45, 7) is 1.96. The number of aliphatic hydroxyl groups excluding tert-OH is 3. The molecule has 2 aliphatic carbocycles. The van der Waals surface area contributed by atoms with Gasteiger partial charge in [0, 0.05) is 17.7 Å². The van der Waals surface area contributed by atoms with E-state index in [-0.39, 0.29) is 25.2 Å². The molecule has 0 aliphatic heterocycles. The molecule has 9 nitrogen and oxygen atoms in total. The largest absolute Gasteiger partial charge is 0.394 e. The number of anilines is 1. The Hall–Kier alpha value is -2.38. The minimum Gasteiger partial charge on any atom is -0.394 e.